The summed E-state index contributed by atoms with van der Waals surface area (Å²) >= 11 is 0. The minimum atomic E-state index is -0.360. The predicted octanol–water partition coefficient (Wildman–Crippen LogP) is 2.85. The topological polar surface area (TPSA) is 69.6 Å². The molecule has 0 radical (unpaired) electrons. The fourth-order valence-corrected chi connectivity index (χ4v) is 4.43. The number of benzene rings is 2. The zero-order valence-electron chi connectivity index (χ0n) is 17.6. The second-order valence-electron chi connectivity index (χ2n) is 8.29. The molecule has 0 N–H and O–H groups in total. The lowest BCUT2D eigenvalue weighted by atomic mass is 10.1. The minimum absolute atomic E-state index is 0.0268. The summed E-state index contributed by atoms with van der Waals surface area (Å²) in [6, 6.07) is 17.6. The summed E-state index contributed by atoms with van der Waals surface area (Å²) in [5, 5.41) is 0. The van der Waals surface area contributed by atoms with Crippen molar-refractivity contribution in [2.45, 2.75) is 19.4 Å². The van der Waals surface area contributed by atoms with Gasteiger partial charge in [0, 0.05) is 39.6 Å². The van der Waals surface area contributed by atoms with Crippen LogP contribution in [0.25, 0.3) is 11.0 Å². The molecule has 158 valence electrons. The molecule has 7 heteroatoms. The van der Waals surface area contributed by atoms with Gasteiger partial charge < -0.3 is 9.80 Å². The number of likely N-dealkylation sites (tertiary alicyclic amines) is 1. The monoisotopic (exact) mass is 415 g/mol. The van der Waals surface area contributed by atoms with E-state index >= 15 is 0 Å². The summed E-state index contributed by atoms with van der Waals surface area (Å²) in [6.07, 6.45) is 1.07. The van der Waals surface area contributed by atoms with Gasteiger partial charge in [-0.2, -0.15) is 0 Å². The van der Waals surface area contributed by atoms with Crippen LogP contribution in [0.4, 0.5) is 11.6 Å². The highest BCUT2D eigenvalue weighted by atomic mass is 16.2. The van der Waals surface area contributed by atoms with Crippen molar-refractivity contribution in [1.29, 1.82) is 0 Å². The minimum Gasteiger partial charge on any atom is -0.357 e. The molecular weight excluding hydrogens is 390 g/mol. The van der Waals surface area contributed by atoms with Gasteiger partial charge in [0.2, 0.25) is 11.8 Å². The summed E-state index contributed by atoms with van der Waals surface area (Å²) in [5.41, 5.74) is 2.65. The number of rotatable bonds is 3. The number of anilines is 2. The number of carbonyl (C=O) groups excluding carboxylic acids is 2. The molecule has 5 rings (SSSR count). The molecule has 1 fully saturated rings. The summed E-state index contributed by atoms with van der Waals surface area (Å²) in [7, 11) is 1.98. The van der Waals surface area contributed by atoms with Crippen LogP contribution in [0.2, 0.25) is 0 Å². The van der Waals surface area contributed by atoms with Crippen LogP contribution in [0.15, 0.2) is 54.6 Å². The van der Waals surface area contributed by atoms with Gasteiger partial charge in [0.15, 0.2) is 11.6 Å². The quantitative estimate of drug-likeness (QED) is 0.658. The van der Waals surface area contributed by atoms with Gasteiger partial charge in [0.25, 0.3) is 0 Å². The highest BCUT2D eigenvalue weighted by Crippen LogP contribution is 2.32. The molecule has 0 aliphatic carbocycles. The number of aromatic nitrogens is 2. The number of carbonyl (C=O) groups is 2. The predicted molar refractivity (Wildman–Crippen MR) is 120 cm³/mol. The molecule has 31 heavy (non-hydrogen) atoms. The Kier molecular flexibility index (Phi) is 5.02. The fraction of sp³-hybridized carbons (Fsp3) is 0.333. The number of amides is 2. The maximum absolute atomic E-state index is 13.6. The van der Waals surface area contributed by atoms with Crippen molar-refractivity contribution < 1.29 is 9.59 Å². The Bertz CT molecular complexity index is 1130. The molecule has 2 aliphatic rings. The highest BCUT2D eigenvalue weighted by Gasteiger charge is 2.38. The smallest absolute Gasteiger partial charge is 0.233 e. The largest absolute Gasteiger partial charge is 0.357 e. The van der Waals surface area contributed by atoms with Crippen molar-refractivity contribution in [2.75, 3.05) is 36.5 Å². The van der Waals surface area contributed by atoms with Crippen LogP contribution < -0.4 is 9.80 Å². The van der Waals surface area contributed by atoms with Crippen LogP contribution in [0.5, 0.6) is 0 Å². The average Bonchev–Trinajstić information content (AvgIpc) is 3.07. The Morgan fingerprint density at radius 1 is 0.968 bits per heavy atom. The molecule has 0 spiro atoms. The Balaban J connectivity index is 1.42. The second kappa shape index (κ2) is 7.98. The van der Waals surface area contributed by atoms with E-state index in [2.05, 4.69) is 4.90 Å². The summed E-state index contributed by atoms with van der Waals surface area (Å²) < 4.78 is 0. The molecule has 1 atom stereocenters. The van der Waals surface area contributed by atoms with Crippen LogP contribution in [0, 0.1) is 5.92 Å². The molecule has 3 aromatic rings. The first-order valence-electron chi connectivity index (χ1n) is 10.7. The number of hydrogen-bond acceptors (Lipinski definition) is 5. The summed E-state index contributed by atoms with van der Waals surface area (Å²) in [6.45, 7) is 2.35. The van der Waals surface area contributed by atoms with E-state index < -0.39 is 0 Å². The third-order valence-corrected chi connectivity index (χ3v) is 6.07. The van der Waals surface area contributed by atoms with Gasteiger partial charge in [0.1, 0.15) is 0 Å². The van der Waals surface area contributed by atoms with Crippen molar-refractivity contribution in [2.24, 2.45) is 5.92 Å². The van der Waals surface area contributed by atoms with Crippen LogP contribution in [0.3, 0.4) is 0 Å². The Morgan fingerprint density at radius 2 is 1.65 bits per heavy atom. The van der Waals surface area contributed by atoms with Gasteiger partial charge >= 0.3 is 0 Å². The second-order valence-corrected chi connectivity index (χ2v) is 8.29. The zero-order chi connectivity index (χ0) is 21.4. The van der Waals surface area contributed by atoms with Gasteiger partial charge in [-0.15, -0.1) is 0 Å². The lowest BCUT2D eigenvalue weighted by molar-refractivity contribution is -0.128. The van der Waals surface area contributed by atoms with E-state index in [0.717, 1.165) is 35.4 Å². The van der Waals surface area contributed by atoms with Gasteiger partial charge in [-0.25, -0.2) is 9.97 Å². The van der Waals surface area contributed by atoms with Crippen molar-refractivity contribution in [3.8, 4) is 0 Å². The number of para-hydroxylation sites is 2. The lowest BCUT2D eigenvalue weighted by Crippen LogP contribution is -2.38. The molecule has 2 amide bonds. The van der Waals surface area contributed by atoms with Gasteiger partial charge in [-0.05, 0) is 24.1 Å². The molecular formula is C24H25N5O2. The maximum Gasteiger partial charge on any atom is 0.233 e. The third-order valence-electron chi connectivity index (χ3n) is 6.07. The molecule has 3 heterocycles. The molecule has 1 saturated heterocycles. The van der Waals surface area contributed by atoms with E-state index in [1.807, 2.05) is 61.6 Å². The van der Waals surface area contributed by atoms with E-state index in [1.165, 1.54) is 0 Å². The summed E-state index contributed by atoms with van der Waals surface area (Å²) in [5.74, 6) is 0.942. The van der Waals surface area contributed by atoms with Gasteiger partial charge in [-0.1, -0.05) is 42.5 Å². The fourth-order valence-electron chi connectivity index (χ4n) is 4.43. The van der Waals surface area contributed by atoms with E-state index in [4.69, 9.17) is 9.97 Å². The number of hydrogen-bond donors (Lipinski definition) is 0. The van der Waals surface area contributed by atoms with E-state index in [-0.39, 0.29) is 24.2 Å². The molecule has 0 unspecified atom stereocenters. The van der Waals surface area contributed by atoms with E-state index in [1.54, 1.807) is 9.80 Å². The standard InChI is InChI=1S/C24H25N5O2/c1-27-12-7-13-29(23-22(27)25-19-10-5-6-11-20(19)26-23)24(31)18-14-21(30)28(16-18)15-17-8-3-2-4-9-17/h2-6,8-11,18H,7,12-16H2,1H3/t18-/m1/s1. The summed E-state index contributed by atoms with van der Waals surface area (Å²) in [4.78, 5) is 41.4. The highest BCUT2D eigenvalue weighted by molar-refractivity contribution is 6.01. The van der Waals surface area contributed by atoms with Crippen molar-refractivity contribution in [3.05, 3.63) is 60.2 Å². The van der Waals surface area contributed by atoms with Crippen LogP contribution in [0.1, 0.15) is 18.4 Å². The Morgan fingerprint density at radius 3 is 2.39 bits per heavy atom. The maximum atomic E-state index is 13.6. The average molecular weight is 415 g/mol. The van der Waals surface area contributed by atoms with Crippen molar-refractivity contribution >= 4 is 34.5 Å². The Labute approximate surface area is 181 Å². The molecule has 0 bridgehead atoms. The first-order chi connectivity index (χ1) is 15.1. The SMILES string of the molecule is CN1CCCN(C(=O)[C@@H]2CC(=O)N(Cc3ccccc3)C2)c2nc3ccccc3nc21. The zero-order valence-corrected chi connectivity index (χ0v) is 17.6. The van der Waals surface area contributed by atoms with E-state index in [0.29, 0.717) is 25.5 Å². The van der Waals surface area contributed by atoms with Crippen molar-refractivity contribution in [1.82, 2.24) is 14.9 Å². The lowest BCUT2D eigenvalue weighted by Gasteiger charge is -2.25. The molecule has 1 aromatic heterocycles. The van der Waals surface area contributed by atoms with Gasteiger partial charge in [-0.3, -0.25) is 14.5 Å². The first kappa shape index (κ1) is 19.5. The Hall–Kier alpha value is -3.48. The molecule has 7 nitrogen and oxygen atoms in total. The number of nitrogens with zero attached hydrogens (tertiary/aromatic N) is 5. The van der Waals surface area contributed by atoms with Crippen LogP contribution in [-0.4, -0.2) is 53.4 Å². The third kappa shape index (κ3) is 3.71. The van der Waals surface area contributed by atoms with E-state index in [9.17, 15) is 9.59 Å². The van der Waals surface area contributed by atoms with Crippen LogP contribution in [-0.2, 0) is 16.1 Å². The molecule has 2 aromatic carbocycles. The van der Waals surface area contributed by atoms with Crippen molar-refractivity contribution in [3.63, 3.8) is 0 Å². The molecule has 0 saturated carbocycles. The first-order valence-corrected chi connectivity index (χ1v) is 10.7. The number of fused-ring (bicyclic) bond motifs is 2. The van der Waals surface area contributed by atoms with Crippen LogP contribution >= 0.6 is 0 Å². The normalized spacial score (nSPS) is 18.9. The van der Waals surface area contributed by atoms with Gasteiger partial charge in [0.05, 0.1) is 17.0 Å². The molecule has 2 aliphatic heterocycles.